The lowest BCUT2D eigenvalue weighted by atomic mass is 9.82. The molecule has 2 rings (SSSR count). The molecule has 0 saturated carbocycles. The minimum absolute atomic E-state index is 0.0838. The van der Waals surface area contributed by atoms with Crippen LogP contribution in [0, 0.1) is 0 Å². The van der Waals surface area contributed by atoms with Crippen LogP contribution in [0.2, 0.25) is 0 Å². The summed E-state index contributed by atoms with van der Waals surface area (Å²) in [7, 11) is 1.72. The van der Waals surface area contributed by atoms with Gasteiger partial charge in [-0.2, -0.15) is 0 Å². The number of hydrogen-bond donors (Lipinski definition) is 3. The van der Waals surface area contributed by atoms with Crippen molar-refractivity contribution in [3.05, 3.63) is 65.2 Å². The number of ketones is 1. The molecule has 0 aromatic heterocycles. The van der Waals surface area contributed by atoms with Gasteiger partial charge in [0.1, 0.15) is 0 Å². The first-order chi connectivity index (χ1) is 12.8. The van der Waals surface area contributed by atoms with Crippen LogP contribution in [0.25, 0.3) is 0 Å². The van der Waals surface area contributed by atoms with Gasteiger partial charge in [-0.05, 0) is 54.8 Å². The Morgan fingerprint density at radius 1 is 1.00 bits per heavy atom. The van der Waals surface area contributed by atoms with Crippen molar-refractivity contribution in [2.24, 2.45) is 11.5 Å². The summed E-state index contributed by atoms with van der Waals surface area (Å²) in [5.74, 6) is -0.202. The lowest BCUT2D eigenvalue weighted by Crippen LogP contribution is -2.49. The van der Waals surface area contributed by atoms with Crippen molar-refractivity contribution in [2.75, 3.05) is 25.9 Å². The van der Waals surface area contributed by atoms with Gasteiger partial charge >= 0.3 is 0 Å². The van der Waals surface area contributed by atoms with E-state index < -0.39 is 5.54 Å². The van der Waals surface area contributed by atoms with Crippen LogP contribution in [0.5, 0.6) is 0 Å². The van der Waals surface area contributed by atoms with Gasteiger partial charge in [-0.15, -0.1) is 0 Å². The van der Waals surface area contributed by atoms with E-state index in [2.05, 4.69) is 0 Å². The summed E-state index contributed by atoms with van der Waals surface area (Å²) in [6.07, 6.45) is 0.885. The summed E-state index contributed by atoms with van der Waals surface area (Å²) in [4.78, 5) is 26.8. The standard InChI is InChI=1S/C21H28N4O2/c1-3-21(24,19(26)16-8-10-18(23)11-9-16)14-15-4-6-17(7-5-15)20(27)25(2)13-12-22/h4-11H,3,12-14,22-24H2,1-2H3. The zero-order valence-corrected chi connectivity index (χ0v) is 15.9. The predicted molar refractivity (Wildman–Crippen MR) is 109 cm³/mol. The average molecular weight is 368 g/mol. The number of hydrogen-bond acceptors (Lipinski definition) is 5. The van der Waals surface area contributed by atoms with E-state index in [1.165, 1.54) is 0 Å². The smallest absolute Gasteiger partial charge is 0.253 e. The van der Waals surface area contributed by atoms with E-state index in [1.54, 1.807) is 48.3 Å². The third-order valence-electron chi connectivity index (χ3n) is 4.79. The van der Waals surface area contributed by atoms with Crippen LogP contribution in [-0.2, 0) is 6.42 Å². The number of rotatable bonds is 8. The van der Waals surface area contributed by atoms with Crippen molar-refractivity contribution in [3.8, 4) is 0 Å². The van der Waals surface area contributed by atoms with E-state index in [9.17, 15) is 9.59 Å². The fraction of sp³-hybridized carbons (Fsp3) is 0.333. The van der Waals surface area contributed by atoms with Crippen LogP contribution in [0.1, 0.15) is 39.6 Å². The van der Waals surface area contributed by atoms with Gasteiger partial charge in [-0.1, -0.05) is 19.1 Å². The lowest BCUT2D eigenvalue weighted by molar-refractivity contribution is 0.0798. The molecule has 0 bridgehead atoms. The molecule has 1 unspecified atom stereocenters. The van der Waals surface area contributed by atoms with E-state index in [0.717, 1.165) is 5.56 Å². The molecule has 2 aromatic carbocycles. The second-order valence-corrected chi connectivity index (χ2v) is 6.85. The number of likely N-dealkylation sites (N-methyl/N-ethyl adjacent to an activating group) is 1. The normalized spacial score (nSPS) is 13.0. The van der Waals surface area contributed by atoms with Crippen LogP contribution >= 0.6 is 0 Å². The Kier molecular flexibility index (Phi) is 6.71. The maximum Gasteiger partial charge on any atom is 0.253 e. The second kappa shape index (κ2) is 8.79. The Hall–Kier alpha value is -2.70. The number of nitrogen functional groups attached to an aromatic ring is 1. The topological polar surface area (TPSA) is 115 Å². The summed E-state index contributed by atoms with van der Waals surface area (Å²) >= 11 is 0. The molecule has 6 N–H and O–H groups in total. The van der Waals surface area contributed by atoms with E-state index in [1.807, 2.05) is 19.1 Å². The van der Waals surface area contributed by atoms with Gasteiger partial charge in [0.2, 0.25) is 0 Å². The quantitative estimate of drug-likeness (QED) is 0.486. The summed E-state index contributed by atoms with van der Waals surface area (Å²) in [6.45, 7) is 2.81. The zero-order chi connectivity index (χ0) is 20.0. The highest BCUT2D eigenvalue weighted by atomic mass is 16.2. The van der Waals surface area contributed by atoms with Crippen LogP contribution in [0.3, 0.4) is 0 Å². The molecule has 0 radical (unpaired) electrons. The van der Waals surface area contributed by atoms with Gasteiger partial charge in [-0.3, -0.25) is 9.59 Å². The molecule has 2 aromatic rings. The average Bonchev–Trinajstić information content (AvgIpc) is 2.68. The number of benzene rings is 2. The third-order valence-corrected chi connectivity index (χ3v) is 4.79. The Labute approximate surface area is 160 Å². The first-order valence-corrected chi connectivity index (χ1v) is 9.04. The van der Waals surface area contributed by atoms with Gasteiger partial charge in [0, 0.05) is 37.0 Å². The summed E-state index contributed by atoms with van der Waals surface area (Å²) in [5.41, 5.74) is 19.3. The number of nitrogens with two attached hydrogens (primary N) is 3. The van der Waals surface area contributed by atoms with Gasteiger partial charge in [0.05, 0.1) is 5.54 Å². The molecule has 27 heavy (non-hydrogen) atoms. The van der Waals surface area contributed by atoms with Gasteiger partial charge in [0.15, 0.2) is 5.78 Å². The molecule has 6 heteroatoms. The maximum atomic E-state index is 12.9. The van der Waals surface area contributed by atoms with Crippen LogP contribution in [0.15, 0.2) is 48.5 Å². The fourth-order valence-corrected chi connectivity index (χ4v) is 2.93. The monoisotopic (exact) mass is 368 g/mol. The van der Waals surface area contributed by atoms with Crippen molar-refractivity contribution in [1.82, 2.24) is 4.90 Å². The van der Waals surface area contributed by atoms with E-state index >= 15 is 0 Å². The first-order valence-electron chi connectivity index (χ1n) is 9.04. The molecule has 0 spiro atoms. The van der Waals surface area contributed by atoms with Crippen molar-refractivity contribution in [3.63, 3.8) is 0 Å². The number of Topliss-reactive ketones (excluding diaryl/α,β-unsaturated/α-hetero) is 1. The number of amides is 1. The van der Waals surface area contributed by atoms with E-state index in [4.69, 9.17) is 17.2 Å². The van der Waals surface area contributed by atoms with Gasteiger partial charge in [-0.25, -0.2) is 0 Å². The van der Waals surface area contributed by atoms with E-state index in [0.29, 0.717) is 42.7 Å². The molecule has 1 amide bonds. The molecule has 1 atom stereocenters. The second-order valence-electron chi connectivity index (χ2n) is 6.85. The maximum absolute atomic E-state index is 12.9. The number of nitrogens with zero attached hydrogens (tertiary/aromatic N) is 1. The Morgan fingerprint density at radius 2 is 1.56 bits per heavy atom. The van der Waals surface area contributed by atoms with Crippen molar-refractivity contribution in [1.29, 1.82) is 0 Å². The number of carbonyl (C=O) groups is 2. The van der Waals surface area contributed by atoms with E-state index in [-0.39, 0.29) is 11.7 Å². The SMILES string of the molecule is CCC(N)(Cc1ccc(C(=O)N(C)CCN)cc1)C(=O)c1ccc(N)cc1. The third kappa shape index (κ3) is 4.93. The minimum Gasteiger partial charge on any atom is -0.399 e. The lowest BCUT2D eigenvalue weighted by Gasteiger charge is -2.27. The number of anilines is 1. The molecule has 0 saturated heterocycles. The molecule has 6 nitrogen and oxygen atoms in total. The van der Waals surface area contributed by atoms with Gasteiger partial charge in [0.25, 0.3) is 5.91 Å². The highest BCUT2D eigenvalue weighted by molar-refractivity contribution is 6.03. The Morgan fingerprint density at radius 3 is 2.07 bits per heavy atom. The molecule has 0 aliphatic heterocycles. The highest BCUT2D eigenvalue weighted by Crippen LogP contribution is 2.22. The molecule has 0 fully saturated rings. The van der Waals surface area contributed by atoms with Crippen molar-refractivity contribution < 1.29 is 9.59 Å². The molecular weight excluding hydrogens is 340 g/mol. The van der Waals surface area contributed by atoms with Crippen molar-refractivity contribution in [2.45, 2.75) is 25.3 Å². The Balaban J connectivity index is 2.16. The molecular formula is C21H28N4O2. The van der Waals surface area contributed by atoms with Gasteiger partial charge < -0.3 is 22.1 Å². The fourth-order valence-electron chi connectivity index (χ4n) is 2.93. The molecule has 144 valence electrons. The first kappa shape index (κ1) is 20.6. The van der Waals surface area contributed by atoms with Crippen LogP contribution < -0.4 is 17.2 Å². The van der Waals surface area contributed by atoms with Crippen LogP contribution in [-0.4, -0.2) is 42.3 Å². The summed E-state index contributed by atoms with van der Waals surface area (Å²) in [6, 6.07) is 14.0. The predicted octanol–water partition coefficient (Wildman–Crippen LogP) is 1.83. The molecule has 0 aliphatic carbocycles. The van der Waals surface area contributed by atoms with Crippen molar-refractivity contribution >= 4 is 17.4 Å². The summed E-state index contributed by atoms with van der Waals surface area (Å²) < 4.78 is 0. The molecule has 0 heterocycles. The minimum atomic E-state index is -1.02. The molecule has 0 aliphatic rings. The van der Waals surface area contributed by atoms with Crippen LogP contribution in [0.4, 0.5) is 5.69 Å². The zero-order valence-electron chi connectivity index (χ0n) is 15.9. The summed E-state index contributed by atoms with van der Waals surface area (Å²) in [5, 5.41) is 0. The highest BCUT2D eigenvalue weighted by Gasteiger charge is 2.33. The largest absolute Gasteiger partial charge is 0.399 e. The Bertz CT molecular complexity index is 787. The number of carbonyl (C=O) groups excluding carboxylic acids is 2.